The molecule has 0 saturated carbocycles. The monoisotopic (exact) mass is 1110 g/mol. The van der Waals surface area contributed by atoms with Crippen LogP contribution in [0.2, 0.25) is 0 Å². The molecule has 1 fully saturated rings. The lowest BCUT2D eigenvalue weighted by Gasteiger charge is -2.32. The minimum Gasteiger partial charge on any atom is -0.481 e. The lowest BCUT2D eigenvalue weighted by atomic mass is 10.1. The molecule has 5 amide bonds. The maximum absolute atomic E-state index is 13.5. The molecule has 3 rings (SSSR count). The Morgan fingerprint density at radius 2 is 1.07 bits per heavy atom. The summed E-state index contributed by atoms with van der Waals surface area (Å²) in [7, 11) is 0. The van der Waals surface area contributed by atoms with Crippen LogP contribution < -0.4 is 21.3 Å². The molecular formula is C47H67BrN10O16. The highest BCUT2D eigenvalue weighted by atomic mass is 79.9. The van der Waals surface area contributed by atoms with Crippen LogP contribution in [0, 0.1) is 0 Å². The lowest BCUT2D eigenvalue weighted by Crippen LogP contribution is -2.51. The van der Waals surface area contributed by atoms with Crippen molar-refractivity contribution in [2.45, 2.75) is 76.5 Å². The third-order valence-corrected chi connectivity index (χ3v) is 12.2. The van der Waals surface area contributed by atoms with Gasteiger partial charge in [-0.3, -0.25) is 53.2 Å². The van der Waals surface area contributed by atoms with Crippen molar-refractivity contribution in [1.82, 2.24) is 50.8 Å². The van der Waals surface area contributed by atoms with Gasteiger partial charge in [-0.1, -0.05) is 18.2 Å². The van der Waals surface area contributed by atoms with Crippen molar-refractivity contribution in [1.29, 1.82) is 0 Å². The second-order valence-electron chi connectivity index (χ2n) is 17.6. The first kappa shape index (κ1) is 61.5. The number of urea groups is 1. The van der Waals surface area contributed by atoms with Crippen LogP contribution in [0.25, 0.3) is 0 Å². The van der Waals surface area contributed by atoms with E-state index < -0.39 is 66.8 Å². The van der Waals surface area contributed by atoms with Gasteiger partial charge in [0, 0.05) is 103 Å². The average molecular weight is 1110 g/mol. The van der Waals surface area contributed by atoms with Gasteiger partial charge >= 0.3 is 41.8 Å². The van der Waals surface area contributed by atoms with Crippen molar-refractivity contribution in [3.8, 4) is 0 Å². The number of pyridine rings is 1. The number of benzene rings is 1. The van der Waals surface area contributed by atoms with E-state index in [4.69, 9.17) is 5.11 Å². The summed E-state index contributed by atoms with van der Waals surface area (Å²) >= 11 is 3.29. The van der Waals surface area contributed by atoms with Gasteiger partial charge in [0.15, 0.2) is 0 Å². The standard InChI is InChI=1S/C47H67BrN10O16/c48-37-13-9-33(26-50-37)27-58(16-4-2-5-35(45(70)71)52-47(74)53-36(46(72)73)12-14-40(61)62)39(60)6-1-3-15-49-44(69)34-10-7-32(8-11-34)25-51-38(59)28-54-17-19-55(29-41(63)64)21-23-57(31-43(67)68)24-22-56(20-18-54)30-42(65)66/h7-11,13,26,35-36H,1-6,12,14-25,27-31H2,(H,49,69)(H,51,59)(H,61,62)(H,63,64)(H,65,66)(H,67,68)(H,70,71)(H,72,73)(H2,52,53,74)/t35-,36-/m0/s1. The number of aliphatic carboxylic acids is 6. The van der Waals surface area contributed by atoms with E-state index in [1.54, 1.807) is 62.2 Å². The molecule has 1 aliphatic rings. The number of carboxylic acids is 6. The van der Waals surface area contributed by atoms with Gasteiger partial charge in [-0.15, -0.1) is 0 Å². The van der Waals surface area contributed by atoms with Crippen LogP contribution in [0.5, 0.6) is 0 Å². The smallest absolute Gasteiger partial charge is 0.326 e. The van der Waals surface area contributed by atoms with E-state index in [1.165, 1.54) is 0 Å². The highest BCUT2D eigenvalue weighted by molar-refractivity contribution is 9.10. The van der Waals surface area contributed by atoms with Crippen molar-refractivity contribution in [3.05, 3.63) is 63.9 Å². The molecular weight excluding hydrogens is 1040 g/mol. The molecule has 26 nitrogen and oxygen atoms in total. The number of halogens is 1. The summed E-state index contributed by atoms with van der Waals surface area (Å²) in [4.78, 5) is 134. The van der Waals surface area contributed by atoms with Gasteiger partial charge in [-0.25, -0.2) is 19.4 Å². The third kappa shape index (κ3) is 25.7. The van der Waals surface area contributed by atoms with Crippen molar-refractivity contribution in [3.63, 3.8) is 0 Å². The number of hydrogen-bond donors (Lipinski definition) is 10. The summed E-state index contributed by atoms with van der Waals surface area (Å²) in [6.07, 6.45) is 2.30. The van der Waals surface area contributed by atoms with Crippen LogP contribution in [0.4, 0.5) is 4.79 Å². The molecule has 10 N–H and O–H groups in total. The lowest BCUT2D eigenvalue weighted by molar-refractivity contribution is -0.141. The summed E-state index contributed by atoms with van der Waals surface area (Å²) in [5.41, 5.74) is 1.82. The molecule has 0 spiro atoms. The molecule has 2 atom stereocenters. The average Bonchev–Trinajstić information content (AvgIpc) is 3.33. The van der Waals surface area contributed by atoms with E-state index >= 15 is 0 Å². The van der Waals surface area contributed by atoms with Crippen LogP contribution in [-0.2, 0) is 51.4 Å². The zero-order valence-corrected chi connectivity index (χ0v) is 42.6. The number of nitrogens with one attached hydrogen (secondary N) is 4. The topological polar surface area (TPSA) is 369 Å². The minimum absolute atomic E-state index is 0.0463. The molecule has 0 unspecified atom stereocenters. The fraction of sp³-hybridized carbons (Fsp3) is 0.553. The van der Waals surface area contributed by atoms with E-state index in [2.05, 4.69) is 42.2 Å². The molecule has 0 bridgehead atoms. The van der Waals surface area contributed by atoms with Crippen molar-refractivity contribution in [2.24, 2.45) is 0 Å². The Morgan fingerprint density at radius 3 is 1.54 bits per heavy atom. The van der Waals surface area contributed by atoms with Gasteiger partial charge in [0.2, 0.25) is 11.8 Å². The summed E-state index contributed by atoms with van der Waals surface area (Å²) in [6, 6.07) is 6.12. The van der Waals surface area contributed by atoms with E-state index in [0.29, 0.717) is 35.0 Å². The Balaban J connectivity index is 1.48. The number of carbonyl (C=O) groups is 10. The van der Waals surface area contributed by atoms with E-state index in [9.17, 15) is 73.5 Å². The fourth-order valence-electron chi connectivity index (χ4n) is 7.69. The first-order valence-electron chi connectivity index (χ1n) is 24.0. The first-order valence-corrected chi connectivity index (χ1v) is 24.8. The second kappa shape index (κ2) is 33.1. The normalized spacial score (nSPS) is 15.0. The molecule has 1 aromatic carbocycles. The number of carbonyl (C=O) groups excluding carboxylic acids is 4. The maximum atomic E-state index is 13.5. The van der Waals surface area contributed by atoms with Gasteiger partial charge in [0.25, 0.3) is 5.91 Å². The van der Waals surface area contributed by atoms with Crippen LogP contribution in [0.1, 0.15) is 72.9 Å². The SMILES string of the molecule is O=C(O)CC[C@H](NC(=O)N[C@@H](CCCCN(Cc1ccc(Br)nc1)C(=O)CCCCNC(=O)c1ccc(CNC(=O)CN2CCN(CC(=O)O)CCN(CC(=O)O)CCN(CC(=O)O)CC2)cc1)C(=O)O)C(=O)O. The first-order chi connectivity index (χ1) is 35.2. The quantitative estimate of drug-likeness (QED) is 0.0366. The van der Waals surface area contributed by atoms with Crippen LogP contribution in [-0.4, -0.2) is 223 Å². The Labute approximate surface area is 435 Å². The Hall–Kier alpha value is -6.81. The Kier molecular flexibility index (Phi) is 27.5. The molecule has 1 aliphatic heterocycles. The summed E-state index contributed by atoms with van der Waals surface area (Å²) in [6.45, 7) is 2.06. The Morgan fingerprint density at radius 1 is 0.568 bits per heavy atom. The molecule has 408 valence electrons. The molecule has 74 heavy (non-hydrogen) atoms. The van der Waals surface area contributed by atoms with Crippen molar-refractivity contribution < 1.29 is 78.6 Å². The number of carboxylic acid groups (broad SMARTS) is 6. The molecule has 0 aliphatic carbocycles. The number of aromatic nitrogens is 1. The van der Waals surface area contributed by atoms with Gasteiger partial charge in [0.05, 0.1) is 26.2 Å². The second-order valence-corrected chi connectivity index (χ2v) is 18.4. The largest absolute Gasteiger partial charge is 0.481 e. The summed E-state index contributed by atoms with van der Waals surface area (Å²) in [5.74, 6) is -8.14. The van der Waals surface area contributed by atoms with Crippen molar-refractivity contribution in [2.75, 3.05) is 91.6 Å². The Bertz CT molecular complexity index is 2170. The highest BCUT2D eigenvalue weighted by Gasteiger charge is 2.26. The maximum Gasteiger partial charge on any atom is 0.326 e. The molecule has 0 radical (unpaired) electrons. The summed E-state index contributed by atoms with van der Waals surface area (Å²) in [5, 5.41) is 66.2. The fourth-order valence-corrected chi connectivity index (χ4v) is 7.92. The van der Waals surface area contributed by atoms with Crippen LogP contribution in [0.3, 0.4) is 0 Å². The zero-order valence-electron chi connectivity index (χ0n) is 41.0. The van der Waals surface area contributed by atoms with Gasteiger partial charge in [0.1, 0.15) is 16.7 Å². The number of nitrogens with zero attached hydrogens (tertiary/aromatic N) is 6. The molecule has 2 heterocycles. The predicted molar refractivity (Wildman–Crippen MR) is 266 cm³/mol. The van der Waals surface area contributed by atoms with Gasteiger partial charge in [-0.05, 0) is 83.8 Å². The van der Waals surface area contributed by atoms with Gasteiger partial charge < -0.3 is 56.8 Å². The van der Waals surface area contributed by atoms with E-state index in [-0.39, 0.29) is 142 Å². The molecule has 27 heteroatoms. The molecule has 1 aromatic heterocycles. The van der Waals surface area contributed by atoms with Crippen LogP contribution in [0.15, 0.2) is 47.2 Å². The van der Waals surface area contributed by atoms with Crippen LogP contribution >= 0.6 is 15.9 Å². The number of rotatable bonds is 30. The highest BCUT2D eigenvalue weighted by Crippen LogP contribution is 2.14. The number of unbranched alkanes of at least 4 members (excludes halogenated alkanes) is 2. The van der Waals surface area contributed by atoms with E-state index in [0.717, 1.165) is 5.56 Å². The summed E-state index contributed by atoms with van der Waals surface area (Å²) < 4.78 is 0.601. The minimum atomic E-state index is -1.54. The molecule has 1 saturated heterocycles. The predicted octanol–water partition coefficient (Wildman–Crippen LogP) is 0.105. The third-order valence-electron chi connectivity index (χ3n) is 11.7. The number of hydrogen-bond acceptors (Lipinski definition) is 15. The number of amides is 5. The van der Waals surface area contributed by atoms with E-state index in [1.807, 2.05) is 4.90 Å². The van der Waals surface area contributed by atoms with Gasteiger partial charge in [-0.2, -0.15) is 0 Å². The van der Waals surface area contributed by atoms with Crippen molar-refractivity contribution >= 4 is 75.5 Å². The molecule has 2 aromatic rings. The zero-order chi connectivity index (χ0) is 54.6.